The number of fused-ring (bicyclic) bond motifs is 1. The van der Waals surface area contributed by atoms with Gasteiger partial charge in [-0.3, -0.25) is 9.59 Å². The molecule has 1 aromatic heterocycles. The quantitative estimate of drug-likeness (QED) is 0.732. The molecule has 0 bridgehead atoms. The molecular weight excluding hydrogens is 310 g/mol. The molecule has 0 N–H and O–H groups in total. The average molecular weight is 324 g/mol. The van der Waals surface area contributed by atoms with Crippen LogP contribution in [0.5, 0.6) is 0 Å². The Morgan fingerprint density at radius 2 is 2.26 bits per heavy atom. The third kappa shape index (κ3) is 2.36. The van der Waals surface area contributed by atoms with Crippen molar-refractivity contribution in [2.45, 2.75) is 18.9 Å². The van der Waals surface area contributed by atoms with Crippen molar-refractivity contribution in [3.8, 4) is 0 Å². The van der Waals surface area contributed by atoms with Crippen molar-refractivity contribution in [2.75, 3.05) is 19.6 Å². The molecule has 6 heteroatoms. The number of aromatic nitrogens is 1. The van der Waals surface area contributed by atoms with E-state index in [0.717, 1.165) is 6.42 Å². The zero-order valence-electron chi connectivity index (χ0n) is 10.4. The normalized spacial score (nSPS) is 22.6. The van der Waals surface area contributed by atoms with Crippen LogP contribution in [0, 0.1) is 0 Å². The summed E-state index contributed by atoms with van der Waals surface area (Å²) in [6, 6.07) is 3.66. The van der Waals surface area contributed by atoms with Crippen LogP contribution in [0.3, 0.4) is 0 Å². The van der Waals surface area contributed by atoms with Gasteiger partial charge >= 0.3 is 0 Å². The van der Waals surface area contributed by atoms with Crippen LogP contribution in [0.4, 0.5) is 0 Å². The van der Waals surface area contributed by atoms with Crippen LogP contribution >= 0.6 is 15.9 Å². The molecular formula is C13H14BrN3O2. The SMILES string of the molecule is O=C(c1ccnc(Br)c1)N1CCN2C(=O)CCC2C1. The van der Waals surface area contributed by atoms with Crippen molar-refractivity contribution in [1.82, 2.24) is 14.8 Å². The van der Waals surface area contributed by atoms with Crippen LogP contribution in [-0.2, 0) is 4.79 Å². The van der Waals surface area contributed by atoms with E-state index < -0.39 is 0 Å². The number of hydrogen-bond acceptors (Lipinski definition) is 3. The number of hydrogen-bond donors (Lipinski definition) is 0. The van der Waals surface area contributed by atoms with Gasteiger partial charge in [-0.05, 0) is 34.5 Å². The summed E-state index contributed by atoms with van der Waals surface area (Å²) < 4.78 is 0.660. The Bertz CT molecular complexity index is 534. The van der Waals surface area contributed by atoms with Crippen molar-refractivity contribution in [2.24, 2.45) is 0 Å². The minimum Gasteiger partial charge on any atom is -0.336 e. The summed E-state index contributed by atoms with van der Waals surface area (Å²) >= 11 is 3.27. The molecule has 2 amide bonds. The maximum absolute atomic E-state index is 12.4. The van der Waals surface area contributed by atoms with Gasteiger partial charge in [-0.25, -0.2) is 4.98 Å². The number of carbonyl (C=O) groups excluding carboxylic acids is 2. The Labute approximate surface area is 119 Å². The van der Waals surface area contributed by atoms with Crippen LogP contribution in [-0.4, -0.2) is 52.3 Å². The molecule has 5 nitrogen and oxygen atoms in total. The number of rotatable bonds is 1. The Hall–Kier alpha value is -1.43. The Kier molecular flexibility index (Phi) is 3.26. The molecule has 3 rings (SSSR count). The molecule has 3 heterocycles. The van der Waals surface area contributed by atoms with Gasteiger partial charge < -0.3 is 9.80 Å². The van der Waals surface area contributed by atoms with E-state index in [1.54, 1.807) is 18.3 Å². The van der Waals surface area contributed by atoms with Crippen molar-refractivity contribution >= 4 is 27.7 Å². The highest BCUT2D eigenvalue weighted by molar-refractivity contribution is 9.10. The smallest absolute Gasteiger partial charge is 0.254 e. The monoisotopic (exact) mass is 323 g/mol. The summed E-state index contributed by atoms with van der Waals surface area (Å²) in [4.78, 5) is 31.8. The molecule has 100 valence electrons. The molecule has 0 aromatic carbocycles. The lowest BCUT2D eigenvalue weighted by molar-refractivity contribution is -0.130. The lowest BCUT2D eigenvalue weighted by Crippen LogP contribution is -2.53. The summed E-state index contributed by atoms with van der Waals surface area (Å²) in [7, 11) is 0. The fourth-order valence-electron chi connectivity index (χ4n) is 2.77. The van der Waals surface area contributed by atoms with Gasteiger partial charge in [0.1, 0.15) is 4.60 Å². The lowest BCUT2D eigenvalue weighted by atomic mass is 10.1. The third-order valence-corrected chi connectivity index (χ3v) is 4.19. The molecule has 1 aromatic rings. The van der Waals surface area contributed by atoms with Crippen molar-refractivity contribution in [1.29, 1.82) is 0 Å². The number of nitrogens with zero attached hydrogens (tertiary/aromatic N) is 3. The minimum absolute atomic E-state index is 0.0158. The summed E-state index contributed by atoms with van der Waals surface area (Å²) in [6.07, 6.45) is 3.10. The summed E-state index contributed by atoms with van der Waals surface area (Å²) in [6.45, 7) is 1.91. The van der Waals surface area contributed by atoms with Crippen LogP contribution in [0.1, 0.15) is 23.2 Å². The lowest BCUT2D eigenvalue weighted by Gasteiger charge is -2.37. The van der Waals surface area contributed by atoms with Gasteiger partial charge in [0.15, 0.2) is 0 Å². The van der Waals surface area contributed by atoms with Crippen LogP contribution < -0.4 is 0 Å². The number of pyridine rings is 1. The maximum atomic E-state index is 12.4. The van der Waals surface area contributed by atoms with E-state index in [0.29, 0.717) is 36.2 Å². The van der Waals surface area contributed by atoms with Crippen molar-refractivity contribution < 1.29 is 9.59 Å². The number of carbonyl (C=O) groups is 2. The molecule has 2 fully saturated rings. The molecule has 0 aliphatic carbocycles. The summed E-state index contributed by atoms with van der Waals surface area (Å²) in [5.41, 5.74) is 0.639. The van der Waals surface area contributed by atoms with Crippen molar-refractivity contribution in [3.63, 3.8) is 0 Å². The van der Waals surface area contributed by atoms with E-state index in [2.05, 4.69) is 20.9 Å². The second kappa shape index (κ2) is 4.92. The molecule has 0 saturated carbocycles. The van der Waals surface area contributed by atoms with Crippen LogP contribution in [0.25, 0.3) is 0 Å². The summed E-state index contributed by atoms with van der Waals surface area (Å²) in [5.74, 6) is 0.242. The first-order valence-electron chi connectivity index (χ1n) is 6.35. The number of halogens is 1. The zero-order valence-corrected chi connectivity index (χ0v) is 12.0. The second-order valence-corrected chi connectivity index (χ2v) is 5.71. The highest BCUT2D eigenvalue weighted by atomic mass is 79.9. The molecule has 0 radical (unpaired) electrons. The van der Waals surface area contributed by atoms with Gasteiger partial charge in [-0.15, -0.1) is 0 Å². The predicted molar refractivity (Wildman–Crippen MR) is 72.6 cm³/mol. The highest BCUT2D eigenvalue weighted by Crippen LogP contribution is 2.24. The van der Waals surface area contributed by atoms with E-state index in [4.69, 9.17) is 0 Å². The minimum atomic E-state index is 0.0158. The summed E-state index contributed by atoms with van der Waals surface area (Å²) in [5, 5.41) is 0. The standard InChI is InChI=1S/C13H14BrN3O2/c14-11-7-9(3-4-15-11)13(19)16-5-6-17-10(8-16)1-2-12(17)18/h3-4,7,10H,1-2,5-6,8H2. The van der Waals surface area contributed by atoms with Gasteiger partial charge in [-0.2, -0.15) is 0 Å². The van der Waals surface area contributed by atoms with Gasteiger partial charge in [0, 0.05) is 43.9 Å². The van der Waals surface area contributed by atoms with Crippen LogP contribution in [0.2, 0.25) is 0 Å². The molecule has 2 saturated heterocycles. The van der Waals surface area contributed by atoms with E-state index >= 15 is 0 Å². The molecule has 1 unspecified atom stereocenters. The van der Waals surface area contributed by atoms with Crippen LogP contribution in [0.15, 0.2) is 22.9 Å². The fourth-order valence-corrected chi connectivity index (χ4v) is 3.13. The van der Waals surface area contributed by atoms with Gasteiger partial charge in [0.2, 0.25) is 5.91 Å². The molecule has 1 atom stereocenters. The first-order chi connectivity index (χ1) is 9.15. The second-order valence-electron chi connectivity index (χ2n) is 4.90. The predicted octanol–water partition coefficient (Wildman–Crippen LogP) is 1.29. The topological polar surface area (TPSA) is 53.5 Å². The van der Waals surface area contributed by atoms with Gasteiger partial charge in [-0.1, -0.05) is 0 Å². The Morgan fingerprint density at radius 1 is 1.42 bits per heavy atom. The van der Waals surface area contributed by atoms with Crippen molar-refractivity contribution in [3.05, 3.63) is 28.5 Å². The van der Waals surface area contributed by atoms with Gasteiger partial charge in [0.25, 0.3) is 5.91 Å². The van der Waals surface area contributed by atoms with E-state index in [1.807, 2.05) is 9.80 Å². The number of piperazine rings is 1. The Morgan fingerprint density at radius 3 is 3.05 bits per heavy atom. The van der Waals surface area contributed by atoms with E-state index in [1.165, 1.54) is 0 Å². The molecule has 0 spiro atoms. The maximum Gasteiger partial charge on any atom is 0.254 e. The fraction of sp³-hybridized carbons (Fsp3) is 0.462. The van der Waals surface area contributed by atoms with E-state index in [-0.39, 0.29) is 17.9 Å². The molecule has 2 aliphatic heterocycles. The average Bonchev–Trinajstić information content (AvgIpc) is 2.79. The first kappa shape index (κ1) is 12.6. The molecule has 19 heavy (non-hydrogen) atoms. The van der Waals surface area contributed by atoms with E-state index in [9.17, 15) is 9.59 Å². The Balaban J connectivity index is 1.74. The zero-order chi connectivity index (χ0) is 13.4. The molecule has 2 aliphatic rings. The first-order valence-corrected chi connectivity index (χ1v) is 7.15. The number of amides is 2. The third-order valence-electron chi connectivity index (χ3n) is 3.76. The van der Waals surface area contributed by atoms with Gasteiger partial charge in [0.05, 0.1) is 0 Å². The largest absolute Gasteiger partial charge is 0.336 e. The highest BCUT2D eigenvalue weighted by Gasteiger charge is 2.36.